The molecule has 0 aliphatic carbocycles. The highest BCUT2D eigenvalue weighted by Crippen LogP contribution is 2.29. The first-order valence-corrected chi connectivity index (χ1v) is 8.74. The summed E-state index contributed by atoms with van der Waals surface area (Å²) >= 11 is 0. The summed E-state index contributed by atoms with van der Waals surface area (Å²) < 4.78 is 46.6. The fraction of sp³-hybridized carbons (Fsp3) is 0.200. The number of H-pyrrole nitrogens is 1. The zero-order chi connectivity index (χ0) is 17.3. The second-order valence-corrected chi connectivity index (χ2v) is 6.85. The number of aromatic nitrogens is 3. The molecule has 0 aliphatic rings. The Kier molecular flexibility index (Phi) is 4.20. The maximum absolute atomic E-state index is 14.5. The number of ether oxygens (including phenoxy) is 1. The molecule has 24 heavy (non-hydrogen) atoms. The molecular formula is C15H14FN3O4S. The van der Waals surface area contributed by atoms with Crippen LogP contribution in [-0.4, -0.2) is 29.6 Å². The number of benzene rings is 1. The minimum absolute atomic E-state index is 0.00943. The summed E-state index contributed by atoms with van der Waals surface area (Å²) in [5.74, 6) is -0.415. The standard InChI is InChI=1S/C15H14FN3O4S/c1-9-5-11-12(19-9)3-4-13(15(11)16)23-14-6-10(17-8-18-14)7-22-24(2,20)21/h3-6,8,19H,7H2,1-2H3. The van der Waals surface area contributed by atoms with Gasteiger partial charge in [-0.05, 0) is 25.1 Å². The molecule has 3 aromatic rings. The van der Waals surface area contributed by atoms with Gasteiger partial charge in [-0.2, -0.15) is 8.42 Å². The van der Waals surface area contributed by atoms with Gasteiger partial charge < -0.3 is 9.72 Å². The van der Waals surface area contributed by atoms with E-state index in [0.29, 0.717) is 16.6 Å². The van der Waals surface area contributed by atoms with Crippen molar-refractivity contribution in [3.8, 4) is 11.6 Å². The van der Waals surface area contributed by atoms with E-state index in [1.807, 2.05) is 6.92 Å². The van der Waals surface area contributed by atoms with Gasteiger partial charge in [0.05, 0.1) is 11.9 Å². The number of nitrogens with zero attached hydrogens (tertiary/aromatic N) is 2. The van der Waals surface area contributed by atoms with Crippen molar-refractivity contribution in [2.45, 2.75) is 13.5 Å². The summed E-state index contributed by atoms with van der Waals surface area (Å²) in [6.07, 6.45) is 2.13. The van der Waals surface area contributed by atoms with E-state index in [-0.39, 0.29) is 18.2 Å². The molecule has 9 heteroatoms. The van der Waals surface area contributed by atoms with Crippen molar-refractivity contribution < 1.29 is 21.7 Å². The van der Waals surface area contributed by atoms with Crippen LogP contribution in [0, 0.1) is 12.7 Å². The van der Waals surface area contributed by atoms with Crippen molar-refractivity contribution in [3.05, 3.63) is 47.8 Å². The molecule has 126 valence electrons. The average Bonchev–Trinajstić information content (AvgIpc) is 2.89. The number of aryl methyl sites for hydroxylation is 1. The Morgan fingerprint density at radius 3 is 2.79 bits per heavy atom. The van der Waals surface area contributed by atoms with Gasteiger partial charge in [-0.15, -0.1) is 0 Å². The van der Waals surface area contributed by atoms with Crippen LogP contribution in [-0.2, 0) is 20.9 Å². The van der Waals surface area contributed by atoms with Crippen LogP contribution in [0.25, 0.3) is 10.9 Å². The number of nitrogens with one attached hydrogen (secondary N) is 1. The molecule has 0 saturated heterocycles. The third-order valence-corrected chi connectivity index (χ3v) is 3.72. The topological polar surface area (TPSA) is 94.2 Å². The molecule has 0 amide bonds. The van der Waals surface area contributed by atoms with Crippen LogP contribution < -0.4 is 4.74 Å². The van der Waals surface area contributed by atoms with Crippen LogP contribution in [0.15, 0.2) is 30.6 Å². The highest BCUT2D eigenvalue weighted by atomic mass is 32.2. The maximum Gasteiger partial charge on any atom is 0.264 e. The highest BCUT2D eigenvalue weighted by Gasteiger charge is 2.13. The quantitative estimate of drug-likeness (QED) is 0.710. The van der Waals surface area contributed by atoms with Crippen LogP contribution in [0.2, 0.25) is 0 Å². The maximum atomic E-state index is 14.5. The fourth-order valence-electron chi connectivity index (χ4n) is 2.16. The number of aromatic amines is 1. The zero-order valence-electron chi connectivity index (χ0n) is 12.9. The monoisotopic (exact) mass is 351 g/mol. The first kappa shape index (κ1) is 16.3. The largest absolute Gasteiger partial charge is 0.436 e. The molecule has 7 nitrogen and oxygen atoms in total. The molecule has 1 aromatic carbocycles. The van der Waals surface area contributed by atoms with E-state index in [2.05, 4.69) is 19.1 Å². The Bertz CT molecular complexity index is 1000. The van der Waals surface area contributed by atoms with Crippen LogP contribution in [0.3, 0.4) is 0 Å². The highest BCUT2D eigenvalue weighted by molar-refractivity contribution is 7.85. The van der Waals surface area contributed by atoms with Gasteiger partial charge in [0.1, 0.15) is 12.9 Å². The Morgan fingerprint density at radius 2 is 2.04 bits per heavy atom. The summed E-state index contributed by atoms with van der Waals surface area (Å²) in [5.41, 5.74) is 1.80. The zero-order valence-corrected chi connectivity index (χ0v) is 13.7. The lowest BCUT2D eigenvalue weighted by Crippen LogP contribution is -2.04. The molecule has 0 fully saturated rings. The van der Waals surface area contributed by atoms with Gasteiger partial charge in [0, 0.05) is 22.7 Å². The van der Waals surface area contributed by atoms with Crippen molar-refractivity contribution in [3.63, 3.8) is 0 Å². The Labute approximate surface area is 137 Å². The van der Waals surface area contributed by atoms with E-state index in [9.17, 15) is 12.8 Å². The first-order valence-electron chi connectivity index (χ1n) is 6.93. The molecule has 1 N–H and O–H groups in total. The van der Waals surface area contributed by atoms with Crippen LogP contribution >= 0.6 is 0 Å². The average molecular weight is 351 g/mol. The second kappa shape index (κ2) is 6.17. The number of rotatable bonds is 5. The fourth-order valence-corrected chi connectivity index (χ4v) is 2.49. The van der Waals surface area contributed by atoms with Gasteiger partial charge in [0.15, 0.2) is 11.6 Å². The Balaban J connectivity index is 1.84. The molecule has 2 aromatic heterocycles. The Morgan fingerprint density at radius 1 is 1.25 bits per heavy atom. The van der Waals surface area contributed by atoms with Crippen LogP contribution in [0.5, 0.6) is 11.6 Å². The van der Waals surface area contributed by atoms with Crippen LogP contribution in [0.4, 0.5) is 4.39 Å². The molecule has 0 radical (unpaired) electrons. The molecule has 0 saturated carbocycles. The summed E-state index contributed by atoms with van der Waals surface area (Å²) in [6.45, 7) is 1.58. The molecule has 0 spiro atoms. The number of halogens is 1. The smallest absolute Gasteiger partial charge is 0.264 e. The predicted molar refractivity (Wildman–Crippen MR) is 84.7 cm³/mol. The van der Waals surface area contributed by atoms with Crippen molar-refractivity contribution in [1.82, 2.24) is 15.0 Å². The summed E-state index contributed by atoms with van der Waals surface area (Å²) in [5, 5.41) is 0.416. The summed E-state index contributed by atoms with van der Waals surface area (Å²) in [6, 6.07) is 6.26. The minimum atomic E-state index is -3.59. The van der Waals surface area contributed by atoms with Crippen molar-refractivity contribution >= 4 is 21.0 Å². The van der Waals surface area contributed by atoms with Gasteiger partial charge in [0.25, 0.3) is 10.1 Å². The molecule has 0 bridgehead atoms. The lowest BCUT2D eigenvalue weighted by atomic mass is 10.2. The number of hydrogen-bond acceptors (Lipinski definition) is 6. The normalized spacial score (nSPS) is 11.8. The van der Waals surface area contributed by atoms with E-state index in [4.69, 9.17) is 4.74 Å². The molecular weight excluding hydrogens is 337 g/mol. The van der Waals surface area contributed by atoms with Crippen molar-refractivity contribution in [2.24, 2.45) is 0 Å². The van der Waals surface area contributed by atoms with E-state index in [1.165, 1.54) is 18.5 Å². The third kappa shape index (κ3) is 3.69. The number of hydrogen-bond donors (Lipinski definition) is 1. The minimum Gasteiger partial charge on any atom is -0.436 e. The lowest BCUT2D eigenvalue weighted by Gasteiger charge is -2.07. The van der Waals surface area contributed by atoms with Crippen molar-refractivity contribution in [2.75, 3.05) is 6.26 Å². The van der Waals surface area contributed by atoms with E-state index >= 15 is 0 Å². The van der Waals surface area contributed by atoms with E-state index < -0.39 is 15.9 Å². The van der Waals surface area contributed by atoms with Crippen LogP contribution in [0.1, 0.15) is 11.4 Å². The molecule has 0 unspecified atom stereocenters. The summed E-state index contributed by atoms with van der Waals surface area (Å²) in [7, 11) is -3.59. The summed E-state index contributed by atoms with van der Waals surface area (Å²) in [4.78, 5) is 10.8. The number of fused-ring (bicyclic) bond motifs is 1. The molecule has 3 rings (SSSR count). The first-order chi connectivity index (χ1) is 11.3. The van der Waals surface area contributed by atoms with Crippen molar-refractivity contribution in [1.29, 1.82) is 0 Å². The third-order valence-electron chi connectivity index (χ3n) is 3.17. The second-order valence-electron chi connectivity index (χ2n) is 5.21. The van der Waals surface area contributed by atoms with Gasteiger partial charge in [0.2, 0.25) is 5.88 Å². The lowest BCUT2D eigenvalue weighted by molar-refractivity contribution is 0.305. The van der Waals surface area contributed by atoms with Gasteiger partial charge >= 0.3 is 0 Å². The molecule has 0 aliphatic heterocycles. The van der Waals surface area contributed by atoms with E-state index in [1.54, 1.807) is 12.1 Å². The molecule has 0 atom stereocenters. The predicted octanol–water partition coefficient (Wildman–Crippen LogP) is 2.67. The van der Waals surface area contributed by atoms with Gasteiger partial charge in [-0.3, -0.25) is 4.18 Å². The van der Waals surface area contributed by atoms with E-state index in [0.717, 1.165) is 11.9 Å². The van der Waals surface area contributed by atoms with Gasteiger partial charge in [-0.1, -0.05) is 0 Å². The molecule has 2 heterocycles. The Hall–Kier alpha value is -2.52. The van der Waals surface area contributed by atoms with Gasteiger partial charge in [-0.25, -0.2) is 14.4 Å². The SMILES string of the molecule is Cc1cc2c(F)c(Oc3cc(COS(C)(=O)=O)ncn3)ccc2[nH]1.